The molecular formula is C14H18O3S. The molecule has 18 heavy (non-hydrogen) atoms. The van der Waals surface area contributed by atoms with E-state index in [2.05, 4.69) is 5.92 Å². The normalized spacial score (nSPS) is 10.9. The zero-order chi connectivity index (χ0) is 13.6. The highest BCUT2D eigenvalue weighted by Crippen LogP contribution is 2.19. The summed E-state index contributed by atoms with van der Waals surface area (Å²) in [6.07, 6.45) is 5.44. The van der Waals surface area contributed by atoms with Crippen LogP contribution in [0.3, 0.4) is 0 Å². The number of hydrogen-bond acceptors (Lipinski definition) is 3. The Bertz CT molecular complexity index is 539. The van der Waals surface area contributed by atoms with Gasteiger partial charge in [0.1, 0.15) is 11.5 Å². The van der Waals surface area contributed by atoms with Crippen LogP contribution in [0.25, 0.3) is 0 Å². The van der Waals surface area contributed by atoms with Crippen LogP contribution < -0.4 is 4.74 Å². The van der Waals surface area contributed by atoms with E-state index < -0.39 is 9.84 Å². The molecule has 4 heteroatoms. The highest BCUT2D eigenvalue weighted by Gasteiger charge is 2.08. The molecule has 0 saturated heterocycles. The first-order chi connectivity index (χ1) is 8.44. The van der Waals surface area contributed by atoms with E-state index in [1.54, 1.807) is 0 Å². The van der Waals surface area contributed by atoms with Gasteiger partial charge in [-0.1, -0.05) is 18.1 Å². The van der Waals surface area contributed by atoms with Crippen LogP contribution in [-0.4, -0.2) is 26.5 Å². The van der Waals surface area contributed by atoms with Crippen LogP contribution in [-0.2, 0) is 9.84 Å². The number of terminal acetylenes is 1. The van der Waals surface area contributed by atoms with Gasteiger partial charge in [0.25, 0.3) is 0 Å². The van der Waals surface area contributed by atoms with E-state index in [-0.39, 0.29) is 11.5 Å². The van der Waals surface area contributed by atoms with Crippen LogP contribution in [0.1, 0.15) is 17.5 Å². The van der Waals surface area contributed by atoms with Gasteiger partial charge in [-0.15, -0.1) is 6.42 Å². The maximum atomic E-state index is 11.4. The average molecular weight is 266 g/mol. The van der Waals surface area contributed by atoms with Crippen molar-refractivity contribution in [1.29, 1.82) is 0 Å². The summed E-state index contributed by atoms with van der Waals surface area (Å²) < 4.78 is 28.3. The number of sulfone groups is 1. The smallest absolute Gasteiger partial charge is 0.161 e. The molecule has 0 fully saturated rings. The highest BCUT2D eigenvalue weighted by atomic mass is 32.2. The quantitative estimate of drug-likeness (QED) is 0.585. The Hall–Kier alpha value is -1.47. The molecule has 0 radical (unpaired) electrons. The lowest BCUT2D eigenvalue weighted by Crippen LogP contribution is -2.12. The maximum absolute atomic E-state index is 11.4. The Labute approximate surface area is 109 Å². The van der Waals surface area contributed by atoms with Crippen molar-refractivity contribution in [3.05, 3.63) is 29.3 Å². The van der Waals surface area contributed by atoms with Gasteiger partial charge < -0.3 is 4.74 Å². The standard InChI is InChI=1S/C14H18O3S/c1-4-9-18(15,16)10-5-8-17-14-11-12(2)6-7-13(14)3/h1,6-7,11H,5,8-10H2,2-3H3. The van der Waals surface area contributed by atoms with Crippen molar-refractivity contribution in [3.8, 4) is 18.1 Å². The summed E-state index contributed by atoms with van der Waals surface area (Å²) in [6, 6.07) is 5.95. The van der Waals surface area contributed by atoms with Gasteiger partial charge >= 0.3 is 0 Å². The Morgan fingerprint density at radius 3 is 2.72 bits per heavy atom. The second kappa shape index (κ2) is 6.46. The lowest BCUT2D eigenvalue weighted by atomic mass is 10.1. The molecule has 0 heterocycles. The van der Waals surface area contributed by atoms with Gasteiger partial charge in [-0.25, -0.2) is 8.42 Å². The molecule has 0 unspecified atom stereocenters. The van der Waals surface area contributed by atoms with Crippen molar-refractivity contribution in [2.45, 2.75) is 20.3 Å². The van der Waals surface area contributed by atoms with E-state index in [1.165, 1.54) is 0 Å². The molecule has 0 amide bonds. The fourth-order valence-corrected chi connectivity index (χ4v) is 2.48. The molecule has 98 valence electrons. The SMILES string of the molecule is C#CCS(=O)(=O)CCCOc1cc(C)ccc1C. The minimum absolute atomic E-state index is 0.0715. The zero-order valence-electron chi connectivity index (χ0n) is 10.8. The summed E-state index contributed by atoms with van der Waals surface area (Å²) in [4.78, 5) is 0. The van der Waals surface area contributed by atoms with E-state index in [0.29, 0.717) is 13.0 Å². The third-order valence-corrected chi connectivity index (χ3v) is 4.02. The molecule has 1 aromatic rings. The molecule has 1 rings (SSSR count). The van der Waals surface area contributed by atoms with Gasteiger partial charge in [0.2, 0.25) is 0 Å². The molecule has 1 aromatic carbocycles. The zero-order valence-corrected chi connectivity index (χ0v) is 11.6. The average Bonchev–Trinajstić information content (AvgIpc) is 2.29. The number of benzene rings is 1. The molecule has 0 aromatic heterocycles. The van der Waals surface area contributed by atoms with Gasteiger partial charge in [-0.05, 0) is 37.5 Å². The summed E-state index contributed by atoms with van der Waals surface area (Å²) in [5.41, 5.74) is 2.17. The second-order valence-electron chi connectivity index (χ2n) is 4.27. The molecular weight excluding hydrogens is 248 g/mol. The second-order valence-corrected chi connectivity index (χ2v) is 6.45. The summed E-state index contributed by atoms with van der Waals surface area (Å²) >= 11 is 0. The first kappa shape index (κ1) is 14.6. The van der Waals surface area contributed by atoms with Crippen molar-refractivity contribution in [3.63, 3.8) is 0 Å². The van der Waals surface area contributed by atoms with E-state index in [4.69, 9.17) is 11.2 Å². The number of ether oxygens (including phenoxy) is 1. The fourth-order valence-electron chi connectivity index (χ4n) is 1.52. The summed E-state index contributed by atoms with van der Waals surface area (Å²) in [6.45, 7) is 4.33. The summed E-state index contributed by atoms with van der Waals surface area (Å²) in [5.74, 6) is 2.84. The molecule has 0 aliphatic rings. The summed E-state index contributed by atoms with van der Waals surface area (Å²) in [5, 5.41) is 0. The van der Waals surface area contributed by atoms with E-state index >= 15 is 0 Å². The Morgan fingerprint density at radius 2 is 2.06 bits per heavy atom. The maximum Gasteiger partial charge on any atom is 0.161 e. The van der Waals surface area contributed by atoms with Gasteiger partial charge in [-0.3, -0.25) is 0 Å². The van der Waals surface area contributed by atoms with Crippen LogP contribution >= 0.6 is 0 Å². The van der Waals surface area contributed by atoms with Crippen molar-refractivity contribution in [2.24, 2.45) is 0 Å². The predicted octanol–water partition coefficient (Wildman–Crippen LogP) is 2.12. The Kier molecular flexibility index (Phi) is 5.24. The molecule has 0 aliphatic carbocycles. The van der Waals surface area contributed by atoms with Crippen molar-refractivity contribution in [1.82, 2.24) is 0 Å². The van der Waals surface area contributed by atoms with Crippen LogP contribution in [0.5, 0.6) is 5.75 Å². The fraction of sp³-hybridized carbons (Fsp3) is 0.429. The van der Waals surface area contributed by atoms with Crippen LogP contribution in [0.15, 0.2) is 18.2 Å². The topological polar surface area (TPSA) is 43.4 Å². The van der Waals surface area contributed by atoms with Crippen molar-refractivity contribution < 1.29 is 13.2 Å². The molecule has 0 spiro atoms. The largest absolute Gasteiger partial charge is 0.493 e. The monoisotopic (exact) mass is 266 g/mol. The Morgan fingerprint density at radius 1 is 1.33 bits per heavy atom. The third kappa shape index (κ3) is 4.80. The van der Waals surface area contributed by atoms with E-state index in [9.17, 15) is 8.42 Å². The molecule has 0 saturated carbocycles. The lowest BCUT2D eigenvalue weighted by molar-refractivity contribution is 0.315. The molecule has 0 aliphatic heterocycles. The Balaban J connectivity index is 2.43. The van der Waals surface area contributed by atoms with Gasteiger partial charge in [0.05, 0.1) is 12.4 Å². The minimum atomic E-state index is -3.12. The molecule has 3 nitrogen and oxygen atoms in total. The third-order valence-electron chi connectivity index (χ3n) is 2.50. The first-order valence-corrected chi connectivity index (χ1v) is 7.61. The number of aryl methyl sites for hydroxylation is 2. The van der Waals surface area contributed by atoms with Crippen LogP contribution in [0, 0.1) is 26.2 Å². The van der Waals surface area contributed by atoms with Crippen LogP contribution in [0.2, 0.25) is 0 Å². The number of hydrogen-bond donors (Lipinski definition) is 0. The summed E-state index contributed by atoms with van der Waals surface area (Å²) in [7, 11) is -3.12. The van der Waals surface area contributed by atoms with Crippen molar-refractivity contribution >= 4 is 9.84 Å². The number of rotatable bonds is 6. The molecule has 0 atom stereocenters. The van der Waals surface area contributed by atoms with Gasteiger partial charge in [0, 0.05) is 0 Å². The lowest BCUT2D eigenvalue weighted by Gasteiger charge is -2.09. The van der Waals surface area contributed by atoms with E-state index in [0.717, 1.165) is 16.9 Å². The van der Waals surface area contributed by atoms with Gasteiger partial charge in [-0.2, -0.15) is 0 Å². The van der Waals surface area contributed by atoms with Crippen molar-refractivity contribution in [2.75, 3.05) is 18.1 Å². The first-order valence-electron chi connectivity index (χ1n) is 5.78. The molecule has 0 N–H and O–H groups in total. The minimum Gasteiger partial charge on any atom is -0.493 e. The predicted molar refractivity (Wildman–Crippen MR) is 73.5 cm³/mol. The molecule has 0 bridgehead atoms. The van der Waals surface area contributed by atoms with Crippen LogP contribution in [0.4, 0.5) is 0 Å². The van der Waals surface area contributed by atoms with E-state index in [1.807, 2.05) is 32.0 Å². The van der Waals surface area contributed by atoms with Gasteiger partial charge in [0.15, 0.2) is 9.84 Å². The highest BCUT2D eigenvalue weighted by molar-refractivity contribution is 7.91.